The number of sulfonamides is 1. The average molecular weight is 457 g/mol. The first kappa shape index (κ1) is 23.5. The molecule has 0 saturated carbocycles. The van der Waals surface area contributed by atoms with Gasteiger partial charge in [0, 0.05) is 19.0 Å². The molecular weight excluding hydrogens is 428 g/mol. The van der Waals surface area contributed by atoms with E-state index in [1.807, 2.05) is 31.2 Å². The van der Waals surface area contributed by atoms with Crippen LogP contribution in [-0.2, 0) is 30.8 Å². The van der Waals surface area contributed by atoms with E-state index in [2.05, 4.69) is 5.32 Å². The van der Waals surface area contributed by atoms with Crippen LogP contribution >= 0.6 is 0 Å². The minimum Gasteiger partial charge on any atom is -0.461 e. The summed E-state index contributed by atoms with van der Waals surface area (Å²) in [6, 6.07) is 15.0. The fraction of sp³-hybridized carbons (Fsp3) is 0.333. The van der Waals surface area contributed by atoms with Crippen molar-refractivity contribution < 1.29 is 22.7 Å². The first-order chi connectivity index (χ1) is 15.3. The van der Waals surface area contributed by atoms with E-state index in [4.69, 9.17) is 4.74 Å². The Morgan fingerprint density at radius 3 is 2.47 bits per heavy atom. The van der Waals surface area contributed by atoms with E-state index < -0.39 is 16.0 Å². The van der Waals surface area contributed by atoms with Crippen molar-refractivity contribution in [1.29, 1.82) is 0 Å². The number of ether oxygens (including phenoxy) is 1. The zero-order valence-corrected chi connectivity index (χ0v) is 18.9. The van der Waals surface area contributed by atoms with Gasteiger partial charge in [0.1, 0.15) is 6.61 Å². The van der Waals surface area contributed by atoms with Crippen molar-refractivity contribution in [1.82, 2.24) is 5.32 Å². The van der Waals surface area contributed by atoms with E-state index in [0.717, 1.165) is 11.1 Å². The molecule has 0 radical (unpaired) electrons. The maximum Gasteiger partial charge on any atom is 0.330 e. The number of benzene rings is 2. The van der Waals surface area contributed by atoms with Crippen molar-refractivity contribution in [2.24, 2.45) is 0 Å². The van der Waals surface area contributed by atoms with Crippen LogP contribution in [0.15, 0.2) is 54.6 Å². The topological polar surface area (TPSA) is 92.8 Å². The van der Waals surface area contributed by atoms with E-state index in [1.54, 1.807) is 30.3 Å². The van der Waals surface area contributed by atoms with E-state index in [-0.39, 0.29) is 24.8 Å². The number of carbonyl (C=O) groups excluding carboxylic acids is 2. The lowest BCUT2D eigenvalue weighted by Gasteiger charge is -2.16. The number of nitrogens with one attached hydrogen (secondary N) is 1. The van der Waals surface area contributed by atoms with Crippen LogP contribution < -0.4 is 9.62 Å². The van der Waals surface area contributed by atoms with Gasteiger partial charge in [-0.2, -0.15) is 0 Å². The summed E-state index contributed by atoms with van der Waals surface area (Å²) in [5.41, 5.74) is 3.67. The largest absolute Gasteiger partial charge is 0.461 e. The van der Waals surface area contributed by atoms with Gasteiger partial charge in [0.15, 0.2) is 0 Å². The summed E-state index contributed by atoms with van der Waals surface area (Å²) in [5, 5.41) is 2.74. The first-order valence-electron chi connectivity index (χ1n) is 10.6. The number of esters is 1. The Bertz CT molecular complexity index is 1060. The van der Waals surface area contributed by atoms with Gasteiger partial charge >= 0.3 is 5.97 Å². The minimum absolute atomic E-state index is 0.0859. The Balaban J connectivity index is 1.34. The molecule has 0 atom stereocenters. The van der Waals surface area contributed by atoms with Crippen molar-refractivity contribution in [2.75, 3.05) is 29.8 Å². The number of carbonyl (C=O) groups is 2. The van der Waals surface area contributed by atoms with Gasteiger partial charge in [0.05, 0.1) is 18.0 Å². The Kier molecular flexibility index (Phi) is 8.05. The van der Waals surface area contributed by atoms with Crippen LogP contribution in [0.5, 0.6) is 0 Å². The van der Waals surface area contributed by atoms with Gasteiger partial charge in [-0.1, -0.05) is 42.0 Å². The van der Waals surface area contributed by atoms with Gasteiger partial charge in [-0.15, -0.1) is 0 Å². The molecule has 32 heavy (non-hydrogen) atoms. The molecule has 1 aliphatic rings. The molecule has 1 saturated heterocycles. The molecule has 2 aromatic rings. The summed E-state index contributed by atoms with van der Waals surface area (Å²) in [6.07, 6.45) is 4.58. The van der Waals surface area contributed by atoms with Crippen LogP contribution in [0, 0.1) is 6.92 Å². The lowest BCUT2D eigenvalue weighted by Crippen LogP contribution is -2.28. The lowest BCUT2D eigenvalue weighted by molar-refractivity contribution is -0.138. The van der Waals surface area contributed by atoms with Gasteiger partial charge in [-0.05, 0) is 49.1 Å². The molecule has 1 fully saturated rings. The Labute approximate surface area is 189 Å². The molecule has 8 heteroatoms. The molecule has 1 amide bonds. The van der Waals surface area contributed by atoms with Crippen LogP contribution in [0.3, 0.4) is 0 Å². The summed E-state index contributed by atoms with van der Waals surface area (Å²) in [6.45, 7) is 2.86. The van der Waals surface area contributed by atoms with Crippen LogP contribution in [0.1, 0.15) is 29.5 Å². The van der Waals surface area contributed by atoms with Crippen molar-refractivity contribution in [2.45, 2.75) is 26.2 Å². The molecule has 3 rings (SSSR count). The second kappa shape index (κ2) is 10.9. The maximum absolute atomic E-state index is 12.0. The number of hydrogen-bond donors (Lipinski definition) is 1. The Morgan fingerprint density at radius 2 is 1.81 bits per heavy atom. The summed E-state index contributed by atoms with van der Waals surface area (Å²) >= 11 is 0. The summed E-state index contributed by atoms with van der Waals surface area (Å²) in [4.78, 5) is 23.7. The number of nitrogens with zero attached hydrogens (tertiary/aromatic N) is 1. The van der Waals surface area contributed by atoms with Crippen LogP contribution in [-0.4, -0.2) is 45.7 Å². The monoisotopic (exact) mass is 456 g/mol. The Morgan fingerprint density at radius 1 is 1.09 bits per heavy atom. The second-order valence-corrected chi connectivity index (χ2v) is 9.68. The molecule has 0 spiro atoms. The SMILES string of the molecule is Cc1ccc(CCC(=O)NCCOC(=O)/C=C/c2ccc(N3CCCS3(=O)=O)cc2)cc1. The molecule has 170 valence electrons. The van der Waals surface area contributed by atoms with E-state index in [0.29, 0.717) is 31.5 Å². The highest BCUT2D eigenvalue weighted by atomic mass is 32.2. The third-order valence-corrected chi connectivity index (χ3v) is 6.99. The normalized spacial score (nSPS) is 15.1. The number of anilines is 1. The fourth-order valence-electron chi connectivity index (χ4n) is 3.34. The zero-order chi connectivity index (χ0) is 23.0. The van der Waals surface area contributed by atoms with E-state index in [1.165, 1.54) is 15.9 Å². The smallest absolute Gasteiger partial charge is 0.330 e. The standard InChI is InChI=1S/C24H28N2O5S/c1-19-3-5-20(6-4-19)9-13-23(27)25-15-17-31-24(28)14-10-21-7-11-22(12-8-21)26-16-2-18-32(26,29)30/h3-8,10-12,14H,2,9,13,15-18H2,1H3,(H,25,27)/b14-10+. The van der Waals surface area contributed by atoms with Gasteiger partial charge < -0.3 is 10.1 Å². The zero-order valence-electron chi connectivity index (χ0n) is 18.1. The molecule has 1 heterocycles. The predicted octanol–water partition coefficient (Wildman–Crippen LogP) is 2.84. The van der Waals surface area contributed by atoms with Crippen LogP contribution in [0.2, 0.25) is 0 Å². The number of rotatable bonds is 9. The highest BCUT2D eigenvalue weighted by Gasteiger charge is 2.28. The van der Waals surface area contributed by atoms with Crippen molar-refractivity contribution in [3.05, 3.63) is 71.3 Å². The molecule has 1 N–H and O–H groups in total. The third-order valence-electron chi connectivity index (χ3n) is 5.12. The number of aryl methyl sites for hydroxylation is 2. The molecule has 2 aromatic carbocycles. The highest BCUT2D eigenvalue weighted by Crippen LogP contribution is 2.24. The number of hydrogen-bond acceptors (Lipinski definition) is 5. The minimum atomic E-state index is -3.21. The highest BCUT2D eigenvalue weighted by molar-refractivity contribution is 7.93. The molecule has 0 aromatic heterocycles. The molecular formula is C24H28N2O5S. The lowest BCUT2D eigenvalue weighted by atomic mass is 10.1. The number of amides is 1. The van der Waals surface area contributed by atoms with E-state index >= 15 is 0 Å². The summed E-state index contributed by atoms with van der Waals surface area (Å²) < 4.78 is 30.4. The van der Waals surface area contributed by atoms with Crippen LogP contribution in [0.25, 0.3) is 6.08 Å². The van der Waals surface area contributed by atoms with Gasteiger partial charge in [0.2, 0.25) is 15.9 Å². The summed E-state index contributed by atoms with van der Waals surface area (Å²) in [5.74, 6) is -0.421. The molecule has 0 unspecified atom stereocenters. The average Bonchev–Trinajstić information content (AvgIpc) is 3.14. The molecule has 1 aliphatic heterocycles. The van der Waals surface area contributed by atoms with Gasteiger partial charge in [-0.3, -0.25) is 9.10 Å². The maximum atomic E-state index is 12.0. The Hall–Kier alpha value is -3.13. The van der Waals surface area contributed by atoms with Gasteiger partial charge in [-0.25, -0.2) is 13.2 Å². The van der Waals surface area contributed by atoms with Crippen molar-refractivity contribution >= 4 is 33.7 Å². The fourth-order valence-corrected chi connectivity index (χ4v) is 4.90. The second-order valence-electron chi connectivity index (χ2n) is 7.67. The van der Waals surface area contributed by atoms with Crippen molar-refractivity contribution in [3.63, 3.8) is 0 Å². The third kappa shape index (κ3) is 6.95. The quantitative estimate of drug-likeness (QED) is 0.356. The molecule has 0 aliphatic carbocycles. The summed E-state index contributed by atoms with van der Waals surface area (Å²) in [7, 11) is -3.21. The molecule has 7 nitrogen and oxygen atoms in total. The molecule has 0 bridgehead atoms. The predicted molar refractivity (Wildman–Crippen MR) is 125 cm³/mol. The van der Waals surface area contributed by atoms with Gasteiger partial charge in [0.25, 0.3) is 0 Å². The van der Waals surface area contributed by atoms with E-state index in [9.17, 15) is 18.0 Å². The first-order valence-corrected chi connectivity index (χ1v) is 12.2. The van der Waals surface area contributed by atoms with Crippen molar-refractivity contribution in [3.8, 4) is 0 Å². The van der Waals surface area contributed by atoms with Crippen LogP contribution in [0.4, 0.5) is 5.69 Å².